The van der Waals surface area contributed by atoms with Gasteiger partial charge < -0.3 is 16.0 Å². The first-order valence-corrected chi connectivity index (χ1v) is 7.67. The zero-order valence-electron chi connectivity index (χ0n) is 14.0. The van der Waals surface area contributed by atoms with Gasteiger partial charge in [0.15, 0.2) is 0 Å². The van der Waals surface area contributed by atoms with E-state index in [1.165, 1.54) is 6.07 Å². The van der Waals surface area contributed by atoms with Gasteiger partial charge in [-0.15, -0.1) is 0 Å². The van der Waals surface area contributed by atoms with Gasteiger partial charge in [-0.1, -0.05) is 30.3 Å². The molecule has 0 saturated heterocycles. The third-order valence-electron chi connectivity index (χ3n) is 3.71. The van der Waals surface area contributed by atoms with E-state index in [1.54, 1.807) is 31.1 Å². The molecule has 0 aliphatic carbocycles. The molecule has 4 nitrogen and oxygen atoms in total. The molecule has 1 amide bonds. The van der Waals surface area contributed by atoms with Crippen LogP contribution in [0.25, 0.3) is 0 Å². The van der Waals surface area contributed by atoms with E-state index in [1.807, 2.05) is 18.2 Å². The molecule has 0 radical (unpaired) electrons. The van der Waals surface area contributed by atoms with E-state index in [2.05, 4.69) is 5.32 Å². The molecular formula is C18H20F3N3O. The van der Waals surface area contributed by atoms with Crippen LogP contribution in [0.3, 0.4) is 0 Å². The van der Waals surface area contributed by atoms with Crippen molar-refractivity contribution in [2.75, 3.05) is 24.3 Å². The average molecular weight is 351 g/mol. The molecule has 0 aliphatic rings. The van der Waals surface area contributed by atoms with Gasteiger partial charge in [0.1, 0.15) is 0 Å². The highest BCUT2D eigenvalue weighted by molar-refractivity contribution is 5.95. The van der Waals surface area contributed by atoms with E-state index in [0.717, 1.165) is 17.7 Å². The molecule has 7 heteroatoms. The van der Waals surface area contributed by atoms with Gasteiger partial charge in [-0.2, -0.15) is 13.2 Å². The van der Waals surface area contributed by atoms with Crippen LogP contribution in [0, 0.1) is 0 Å². The Hall–Kier alpha value is -2.54. The largest absolute Gasteiger partial charge is 0.416 e. The number of nitrogens with one attached hydrogen (secondary N) is 1. The summed E-state index contributed by atoms with van der Waals surface area (Å²) in [5, 5.41) is 2.54. The molecule has 1 unspecified atom stereocenters. The Morgan fingerprint density at radius 1 is 1.16 bits per heavy atom. The first-order valence-electron chi connectivity index (χ1n) is 7.67. The number of anilines is 2. The fourth-order valence-corrected chi connectivity index (χ4v) is 2.42. The Labute approximate surface area is 144 Å². The molecule has 25 heavy (non-hydrogen) atoms. The second-order valence-electron chi connectivity index (χ2n) is 5.89. The first-order chi connectivity index (χ1) is 11.7. The summed E-state index contributed by atoms with van der Waals surface area (Å²) in [5.41, 5.74) is 6.55. The summed E-state index contributed by atoms with van der Waals surface area (Å²) in [6, 6.07) is 11.8. The number of carbonyl (C=O) groups excluding carboxylic acids is 1. The Balaban J connectivity index is 2.18. The lowest BCUT2D eigenvalue weighted by molar-refractivity contribution is -0.137. The molecule has 0 bridgehead atoms. The van der Waals surface area contributed by atoms with Gasteiger partial charge in [-0.25, -0.2) is 0 Å². The molecule has 0 aliphatic heterocycles. The highest BCUT2D eigenvalue weighted by atomic mass is 19.4. The fraction of sp³-hybridized carbons (Fsp3) is 0.278. The summed E-state index contributed by atoms with van der Waals surface area (Å²) in [4.78, 5) is 13.9. The zero-order chi connectivity index (χ0) is 18.6. The van der Waals surface area contributed by atoms with Gasteiger partial charge in [0.05, 0.1) is 16.9 Å². The Bertz CT molecular complexity index is 730. The standard InChI is InChI=1S/C18H20F3N3O/c1-24(2)16-9-8-13(18(19,20)21)10-15(16)23-17(25)11-14(22)12-6-4-3-5-7-12/h3-10,14H,11,22H2,1-2H3,(H,23,25). The number of hydrogen-bond acceptors (Lipinski definition) is 3. The summed E-state index contributed by atoms with van der Waals surface area (Å²) in [6.45, 7) is 0. The molecule has 0 heterocycles. The highest BCUT2D eigenvalue weighted by Crippen LogP contribution is 2.35. The lowest BCUT2D eigenvalue weighted by Gasteiger charge is -2.20. The Morgan fingerprint density at radius 3 is 2.36 bits per heavy atom. The number of benzene rings is 2. The molecule has 2 aromatic carbocycles. The van der Waals surface area contributed by atoms with E-state index >= 15 is 0 Å². The van der Waals surface area contributed by atoms with Crippen molar-refractivity contribution in [3.05, 3.63) is 59.7 Å². The Kier molecular flexibility index (Phi) is 5.69. The van der Waals surface area contributed by atoms with E-state index in [-0.39, 0.29) is 12.1 Å². The van der Waals surface area contributed by atoms with Crippen LogP contribution >= 0.6 is 0 Å². The van der Waals surface area contributed by atoms with Gasteiger partial charge in [-0.3, -0.25) is 4.79 Å². The number of nitrogens with two attached hydrogens (primary N) is 1. The second kappa shape index (κ2) is 7.57. The van der Waals surface area contributed by atoms with Crippen molar-refractivity contribution < 1.29 is 18.0 Å². The summed E-state index contributed by atoms with van der Waals surface area (Å²) < 4.78 is 38.8. The molecule has 1 atom stereocenters. The number of halogens is 3. The van der Waals surface area contributed by atoms with Crippen molar-refractivity contribution in [3.8, 4) is 0 Å². The van der Waals surface area contributed by atoms with Crippen LogP contribution in [0.2, 0.25) is 0 Å². The average Bonchev–Trinajstić information content (AvgIpc) is 2.54. The number of rotatable bonds is 5. The van der Waals surface area contributed by atoms with Gasteiger partial charge in [0.2, 0.25) is 5.91 Å². The van der Waals surface area contributed by atoms with Crippen molar-refractivity contribution in [1.82, 2.24) is 0 Å². The number of amides is 1. The van der Waals surface area contributed by atoms with Crippen LogP contribution in [-0.4, -0.2) is 20.0 Å². The van der Waals surface area contributed by atoms with Gasteiger partial charge in [0, 0.05) is 26.6 Å². The van der Waals surface area contributed by atoms with Crippen LogP contribution in [0.5, 0.6) is 0 Å². The van der Waals surface area contributed by atoms with Crippen molar-refractivity contribution in [2.45, 2.75) is 18.6 Å². The summed E-state index contributed by atoms with van der Waals surface area (Å²) >= 11 is 0. The minimum Gasteiger partial charge on any atom is -0.376 e. The van der Waals surface area contributed by atoms with E-state index in [9.17, 15) is 18.0 Å². The molecule has 2 aromatic rings. The predicted molar refractivity (Wildman–Crippen MR) is 92.4 cm³/mol. The molecule has 0 aromatic heterocycles. The van der Waals surface area contributed by atoms with Crippen LogP contribution in [0.1, 0.15) is 23.6 Å². The van der Waals surface area contributed by atoms with E-state index in [0.29, 0.717) is 5.69 Å². The topological polar surface area (TPSA) is 58.4 Å². The van der Waals surface area contributed by atoms with Crippen LogP contribution in [0.4, 0.5) is 24.5 Å². The van der Waals surface area contributed by atoms with Crippen LogP contribution in [0.15, 0.2) is 48.5 Å². The maximum absolute atomic E-state index is 12.9. The SMILES string of the molecule is CN(C)c1ccc(C(F)(F)F)cc1NC(=O)CC(N)c1ccccc1. The highest BCUT2D eigenvalue weighted by Gasteiger charge is 2.31. The molecule has 2 rings (SSSR count). The minimum absolute atomic E-state index is 0.0346. The minimum atomic E-state index is -4.48. The normalized spacial score (nSPS) is 12.6. The summed E-state index contributed by atoms with van der Waals surface area (Å²) in [7, 11) is 3.38. The number of alkyl halides is 3. The van der Waals surface area contributed by atoms with Crippen molar-refractivity contribution >= 4 is 17.3 Å². The fourth-order valence-electron chi connectivity index (χ4n) is 2.42. The summed E-state index contributed by atoms with van der Waals surface area (Å²) in [5.74, 6) is -0.446. The molecule has 0 saturated carbocycles. The molecule has 0 spiro atoms. The third kappa shape index (κ3) is 4.96. The van der Waals surface area contributed by atoms with Crippen molar-refractivity contribution in [1.29, 1.82) is 0 Å². The second-order valence-corrected chi connectivity index (χ2v) is 5.89. The molecular weight excluding hydrogens is 331 g/mol. The third-order valence-corrected chi connectivity index (χ3v) is 3.71. The predicted octanol–water partition coefficient (Wildman–Crippen LogP) is 3.80. The first kappa shape index (κ1) is 18.8. The number of hydrogen-bond donors (Lipinski definition) is 2. The molecule has 0 fully saturated rings. The monoisotopic (exact) mass is 351 g/mol. The van der Waals surface area contributed by atoms with Crippen molar-refractivity contribution in [2.24, 2.45) is 5.73 Å². The molecule has 3 N–H and O–H groups in total. The lowest BCUT2D eigenvalue weighted by atomic mass is 10.0. The van der Waals surface area contributed by atoms with Crippen molar-refractivity contribution in [3.63, 3.8) is 0 Å². The smallest absolute Gasteiger partial charge is 0.376 e. The van der Waals surface area contributed by atoms with Crippen LogP contribution in [-0.2, 0) is 11.0 Å². The quantitative estimate of drug-likeness (QED) is 0.861. The van der Waals surface area contributed by atoms with Crippen LogP contribution < -0.4 is 16.0 Å². The number of carbonyl (C=O) groups is 1. The van der Waals surface area contributed by atoms with E-state index in [4.69, 9.17) is 5.73 Å². The van der Waals surface area contributed by atoms with Gasteiger partial charge >= 0.3 is 6.18 Å². The van der Waals surface area contributed by atoms with Gasteiger partial charge in [-0.05, 0) is 23.8 Å². The van der Waals surface area contributed by atoms with Gasteiger partial charge in [0.25, 0.3) is 0 Å². The zero-order valence-corrected chi connectivity index (χ0v) is 14.0. The number of nitrogens with zero attached hydrogens (tertiary/aromatic N) is 1. The van der Waals surface area contributed by atoms with E-state index < -0.39 is 23.7 Å². The molecule has 134 valence electrons. The lowest BCUT2D eigenvalue weighted by Crippen LogP contribution is -2.22. The maximum atomic E-state index is 12.9. The summed E-state index contributed by atoms with van der Waals surface area (Å²) in [6.07, 6.45) is -4.52. The maximum Gasteiger partial charge on any atom is 0.416 e. The Morgan fingerprint density at radius 2 is 1.80 bits per heavy atom.